The Labute approximate surface area is 143 Å². The lowest BCUT2D eigenvalue weighted by atomic mass is 9.98. The van der Waals surface area contributed by atoms with Crippen LogP contribution in [0.3, 0.4) is 0 Å². The van der Waals surface area contributed by atoms with E-state index < -0.39 is 15.1 Å². The Morgan fingerprint density at radius 1 is 1.08 bits per heavy atom. The molecule has 5 heteroatoms. The highest BCUT2D eigenvalue weighted by atomic mass is 32.2. The van der Waals surface area contributed by atoms with Gasteiger partial charge in [-0.15, -0.1) is 0 Å². The highest BCUT2D eigenvalue weighted by molar-refractivity contribution is 7.92. The molecule has 1 amide bonds. The van der Waals surface area contributed by atoms with E-state index in [0.717, 1.165) is 35.4 Å². The second kappa shape index (κ2) is 6.20. The zero-order chi connectivity index (χ0) is 17.5. The van der Waals surface area contributed by atoms with Crippen LogP contribution in [-0.4, -0.2) is 36.8 Å². The first kappa shape index (κ1) is 17.0. The molecule has 0 N–H and O–H groups in total. The molecule has 1 aliphatic carbocycles. The van der Waals surface area contributed by atoms with Crippen LogP contribution in [0.25, 0.3) is 10.8 Å². The lowest BCUT2D eigenvalue weighted by molar-refractivity contribution is -0.133. The average molecular weight is 345 g/mol. The molecule has 1 aliphatic rings. The van der Waals surface area contributed by atoms with Crippen LogP contribution in [0, 0.1) is 0 Å². The number of hydrogen-bond acceptors (Lipinski definition) is 3. The maximum absolute atomic E-state index is 12.9. The van der Waals surface area contributed by atoms with Gasteiger partial charge in [0, 0.05) is 12.3 Å². The highest BCUT2D eigenvalue weighted by Gasteiger charge is 2.40. The maximum Gasteiger partial charge on any atom is 0.241 e. The van der Waals surface area contributed by atoms with Crippen LogP contribution in [0.2, 0.25) is 0 Å². The van der Waals surface area contributed by atoms with Crippen LogP contribution in [-0.2, 0) is 14.6 Å². The van der Waals surface area contributed by atoms with Crippen molar-refractivity contribution in [2.75, 3.05) is 6.26 Å². The molecule has 0 bridgehead atoms. The van der Waals surface area contributed by atoms with Crippen molar-refractivity contribution in [1.82, 2.24) is 4.90 Å². The Morgan fingerprint density at radius 2 is 1.71 bits per heavy atom. The first-order valence-electron chi connectivity index (χ1n) is 8.29. The predicted octanol–water partition coefficient (Wildman–Crippen LogP) is 3.32. The summed E-state index contributed by atoms with van der Waals surface area (Å²) in [5, 5.41) is 1.23. The normalized spacial score (nSPS) is 17.5. The van der Waals surface area contributed by atoms with E-state index in [1.807, 2.05) is 43.3 Å². The molecule has 1 saturated carbocycles. The Hall–Kier alpha value is -1.88. The quantitative estimate of drug-likeness (QED) is 0.835. The number of carbonyl (C=O) groups is 1. The zero-order valence-electron chi connectivity index (χ0n) is 14.3. The molecule has 2 aromatic carbocycles. The van der Waals surface area contributed by atoms with E-state index in [9.17, 15) is 13.2 Å². The van der Waals surface area contributed by atoms with E-state index in [1.54, 1.807) is 4.90 Å². The first-order chi connectivity index (χ1) is 11.3. The van der Waals surface area contributed by atoms with Gasteiger partial charge in [-0.2, -0.15) is 0 Å². The molecule has 0 spiro atoms. The number of amides is 1. The summed E-state index contributed by atoms with van der Waals surface area (Å²) in [4.78, 5) is 14.7. The summed E-state index contributed by atoms with van der Waals surface area (Å²) in [6.45, 7) is 3.48. The average Bonchev–Trinajstić information content (AvgIpc) is 3.37. The second-order valence-electron chi connectivity index (χ2n) is 6.69. The zero-order valence-corrected chi connectivity index (χ0v) is 15.1. The number of sulfone groups is 1. The lowest BCUT2D eigenvalue weighted by Gasteiger charge is -2.32. The molecule has 24 heavy (non-hydrogen) atoms. The first-order valence-corrected chi connectivity index (χ1v) is 10.2. The Balaban J connectivity index is 2.01. The third-order valence-electron chi connectivity index (χ3n) is 4.88. The van der Waals surface area contributed by atoms with Crippen molar-refractivity contribution in [3.63, 3.8) is 0 Å². The fraction of sp³-hybridized carbons (Fsp3) is 0.421. The number of carbonyl (C=O) groups excluding carboxylic acids is 1. The second-order valence-corrected chi connectivity index (χ2v) is 9.06. The van der Waals surface area contributed by atoms with Gasteiger partial charge in [0.05, 0.1) is 6.04 Å². The van der Waals surface area contributed by atoms with Gasteiger partial charge in [-0.1, -0.05) is 42.5 Å². The van der Waals surface area contributed by atoms with Gasteiger partial charge in [-0.25, -0.2) is 8.42 Å². The summed E-state index contributed by atoms with van der Waals surface area (Å²) >= 11 is 0. The van der Waals surface area contributed by atoms with Crippen molar-refractivity contribution in [2.45, 2.75) is 44.0 Å². The van der Waals surface area contributed by atoms with E-state index in [1.165, 1.54) is 6.92 Å². The van der Waals surface area contributed by atoms with Crippen molar-refractivity contribution in [3.05, 3.63) is 48.0 Å². The van der Waals surface area contributed by atoms with Crippen molar-refractivity contribution >= 4 is 26.5 Å². The fourth-order valence-corrected chi connectivity index (χ4v) is 3.69. The summed E-state index contributed by atoms with van der Waals surface area (Å²) in [6.07, 6.45) is 3.01. The topological polar surface area (TPSA) is 54.5 Å². The molecular formula is C19H23NO3S. The molecule has 128 valence electrons. The van der Waals surface area contributed by atoms with Crippen molar-refractivity contribution in [1.29, 1.82) is 0 Å². The Kier molecular flexibility index (Phi) is 4.38. The minimum atomic E-state index is -3.40. The summed E-state index contributed by atoms with van der Waals surface area (Å²) in [5.74, 6) is -0.291. The Bertz CT molecular complexity index is 866. The molecule has 2 aromatic rings. The predicted molar refractivity (Wildman–Crippen MR) is 96.5 cm³/mol. The van der Waals surface area contributed by atoms with Crippen LogP contribution in [0.15, 0.2) is 42.5 Å². The third kappa shape index (κ3) is 3.18. The minimum Gasteiger partial charge on any atom is -0.332 e. The Morgan fingerprint density at radius 3 is 2.33 bits per heavy atom. The molecule has 1 fully saturated rings. The number of nitrogens with zero attached hydrogens (tertiary/aromatic N) is 1. The molecule has 0 unspecified atom stereocenters. The third-order valence-corrected chi connectivity index (χ3v) is 6.36. The van der Waals surface area contributed by atoms with Gasteiger partial charge < -0.3 is 4.90 Å². The number of rotatable bonds is 5. The van der Waals surface area contributed by atoms with Gasteiger partial charge >= 0.3 is 0 Å². The van der Waals surface area contributed by atoms with E-state index in [2.05, 4.69) is 6.07 Å². The number of hydrogen-bond donors (Lipinski definition) is 0. The van der Waals surface area contributed by atoms with Crippen LogP contribution in [0.4, 0.5) is 0 Å². The number of benzene rings is 2. The molecule has 2 atom stereocenters. The molecule has 0 heterocycles. The summed E-state index contributed by atoms with van der Waals surface area (Å²) in [7, 11) is -3.40. The summed E-state index contributed by atoms with van der Waals surface area (Å²) in [6, 6.07) is 14.1. The molecule has 0 radical (unpaired) electrons. The standard InChI is InChI=1S/C19H23NO3S/c1-13(17-10-6-8-15-7-4-5-9-18(15)17)20(16-11-12-16)19(21)14(2)24(3,22)23/h4-10,13-14,16H,11-12H2,1-3H3/t13-,14+/m0/s1. The van der Waals surface area contributed by atoms with Gasteiger partial charge in [0.15, 0.2) is 9.84 Å². The van der Waals surface area contributed by atoms with E-state index in [4.69, 9.17) is 0 Å². The highest BCUT2D eigenvalue weighted by Crippen LogP contribution is 2.37. The van der Waals surface area contributed by atoms with Crippen molar-refractivity contribution < 1.29 is 13.2 Å². The lowest BCUT2D eigenvalue weighted by Crippen LogP contribution is -2.43. The van der Waals surface area contributed by atoms with E-state index >= 15 is 0 Å². The van der Waals surface area contributed by atoms with Crippen LogP contribution in [0.5, 0.6) is 0 Å². The minimum absolute atomic E-state index is 0.149. The van der Waals surface area contributed by atoms with Gasteiger partial charge in [-0.05, 0) is 43.0 Å². The maximum atomic E-state index is 12.9. The summed E-state index contributed by atoms with van der Waals surface area (Å²) < 4.78 is 23.7. The van der Waals surface area contributed by atoms with Crippen molar-refractivity contribution in [3.8, 4) is 0 Å². The van der Waals surface area contributed by atoms with Gasteiger partial charge in [0.25, 0.3) is 0 Å². The van der Waals surface area contributed by atoms with Gasteiger partial charge in [0.1, 0.15) is 5.25 Å². The van der Waals surface area contributed by atoms with E-state index in [0.29, 0.717) is 0 Å². The fourth-order valence-electron chi connectivity index (χ4n) is 3.20. The van der Waals surface area contributed by atoms with Gasteiger partial charge in [-0.3, -0.25) is 4.79 Å². The molecule has 4 nitrogen and oxygen atoms in total. The van der Waals surface area contributed by atoms with Crippen LogP contribution >= 0.6 is 0 Å². The molecule has 0 saturated heterocycles. The van der Waals surface area contributed by atoms with Crippen molar-refractivity contribution in [2.24, 2.45) is 0 Å². The largest absolute Gasteiger partial charge is 0.332 e. The molecule has 0 aromatic heterocycles. The van der Waals surface area contributed by atoms with Crippen LogP contribution < -0.4 is 0 Å². The monoisotopic (exact) mass is 345 g/mol. The molecular weight excluding hydrogens is 322 g/mol. The van der Waals surface area contributed by atoms with Crippen LogP contribution in [0.1, 0.15) is 38.3 Å². The number of fused-ring (bicyclic) bond motifs is 1. The SMILES string of the molecule is C[C@H](C(=O)N(C1CC1)[C@@H](C)c1cccc2ccccc12)S(C)(=O)=O. The molecule has 0 aliphatic heterocycles. The smallest absolute Gasteiger partial charge is 0.241 e. The summed E-state index contributed by atoms with van der Waals surface area (Å²) in [5.41, 5.74) is 1.06. The molecule has 3 rings (SSSR count). The van der Waals surface area contributed by atoms with E-state index in [-0.39, 0.29) is 18.0 Å². The van der Waals surface area contributed by atoms with Gasteiger partial charge in [0.2, 0.25) is 5.91 Å².